The first kappa shape index (κ1) is 14.3. The van der Waals surface area contributed by atoms with Crippen molar-refractivity contribution in [3.8, 4) is 0 Å². The maximum absolute atomic E-state index is 12.4. The van der Waals surface area contributed by atoms with Gasteiger partial charge in [-0.2, -0.15) is 0 Å². The largest absolute Gasteiger partial charge is 0.368 e. The van der Waals surface area contributed by atoms with Gasteiger partial charge in [-0.25, -0.2) is 0 Å². The Bertz CT molecular complexity index is 660. The number of carbonyl (C=O) groups excluding carboxylic acids is 2. The zero-order chi connectivity index (χ0) is 14.9. The number of H-pyrrole nitrogens is 1. The highest BCUT2D eigenvalue weighted by Crippen LogP contribution is 2.22. The third-order valence-corrected chi connectivity index (χ3v) is 3.81. The maximum atomic E-state index is 12.4. The number of para-hydroxylation sites is 1. The van der Waals surface area contributed by atoms with Gasteiger partial charge in [0.2, 0.25) is 5.91 Å². The summed E-state index contributed by atoms with van der Waals surface area (Å²) >= 11 is 0. The minimum Gasteiger partial charge on any atom is -0.368 e. The van der Waals surface area contributed by atoms with Gasteiger partial charge in [0, 0.05) is 23.5 Å². The normalized spacial score (nSPS) is 14.4. The molecule has 106 valence electrons. The number of carbonyl (C=O) groups is 2. The maximum Gasteiger partial charge on any atom is 0.245 e. The highest BCUT2D eigenvalue weighted by atomic mass is 16.2. The standard InChI is InChI=1S/C15H19N3O2/c1-9(2)15(17,14(16)20)13(19)7-10-8-18-12-6-4-3-5-11(10)12/h3-6,8-9,18H,7,17H2,1-2H3,(H2,16,20)/t15-/m1/s1. The van der Waals surface area contributed by atoms with Crippen LogP contribution in [0.5, 0.6) is 0 Å². The van der Waals surface area contributed by atoms with E-state index in [4.69, 9.17) is 11.5 Å². The number of nitrogens with one attached hydrogen (secondary N) is 1. The molecule has 1 amide bonds. The molecule has 0 aliphatic rings. The number of aromatic nitrogens is 1. The van der Waals surface area contributed by atoms with E-state index in [1.54, 1.807) is 20.0 Å². The second-order valence-corrected chi connectivity index (χ2v) is 5.35. The van der Waals surface area contributed by atoms with Gasteiger partial charge in [-0.05, 0) is 17.5 Å². The Labute approximate surface area is 117 Å². The molecule has 1 atom stereocenters. The van der Waals surface area contributed by atoms with Crippen molar-refractivity contribution in [3.63, 3.8) is 0 Å². The van der Waals surface area contributed by atoms with Crippen LogP contribution in [-0.4, -0.2) is 22.2 Å². The van der Waals surface area contributed by atoms with Gasteiger partial charge in [0.05, 0.1) is 0 Å². The van der Waals surface area contributed by atoms with E-state index in [9.17, 15) is 9.59 Å². The first-order valence-corrected chi connectivity index (χ1v) is 6.54. The van der Waals surface area contributed by atoms with E-state index in [1.165, 1.54) is 0 Å². The minimum absolute atomic E-state index is 0.0850. The molecule has 1 heterocycles. The van der Waals surface area contributed by atoms with Crippen molar-refractivity contribution in [1.29, 1.82) is 0 Å². The van der Waals surface area contributed by atoms with Crippen molar-refractivity contribution in [3.05, 3.63) is 36.0 Å². The Morgan fingerprint density at radius 1 is 1.30 bits per heavy atom. The van der Waals surface area contributed by atoms with Crippen LogP contribution in [0, 0.1) is 5.92 Å². The number of rotatable bonds is 5. The van der Waals surface area contributed by atoms with Gasteiger partial charge in [-0.1, -0.05) is 32.0 Å². The number of nitrogens with two attached hydrogens (primary N) is 2. The number of ketones is 1. The summed E-state index contributed by atoms with van der Waals surface area (Å²) in [6, 6.07) is 7.66. The molecule has 20 heavy (non-hydrogen) atoms. The topological polar surface area (TPSA) is 102 Å². The monoisotopic (exact) mass is 273 g/mol. The molecule has 0 fully saturated rings. The Morgan fingerprint density at radius 2 is 1.95 bits per heavy atom. The lowest BCUT2D eigenvalue weighted by Gasteiger charge is -2.28. The minimum atomic E-state index is -1.63. The van der Waals surface area contributed by atoms with Crippen LogP contribution in [0.1, 0.15) is 19.4 Å². The van der Waals surface area contributed by atoms with E-state index in [2.05, 4.69) is 4.98 Å². The second-order valence-electron chi connectivity index (χ2n) is 5.35. The summed E-state index contributed by atoms with van der Waals surface area (Å²) in [4.78, 5) is 27.1. The summed E-state index contributed by atoms with van der Waals surface area (Å²) in [7, 11) is 0. The molecule has 5 nitrogen and oxygen atoms in total. The van der Waals surface area contributed by atoms with Crippen molar-refractivity contribution in [2.45, 2.75) is 25.8 Å². The fraction of sp³-hybridized carbons (Fsp3) is 0.333. The molecule has 0 aliphatic heterocycles. The van der Waals surface area contributed by atoms with Gasteiger partial charge >= 0.3 is 0 Å². The van der Waals surface area contributed by atoms with Gasteiger partial charge in [-0.3, -0.25) is 9.59 Å². The van der Waals surface area contributed by atoms with Crippen molar-refractivity contribution in [1.82, 2.24) is 4.98 Å². The highest BCUT2D eigenvalue weighted by molar-refractivity contribution is 6.11. The number of hydrogen-bond donors (Lipinski definition) is 3. The number of aromatic amines is 1. The lowest BCUT2D eigenvalue weighted by molar-refractivity contribution is -0.135. The molecule has 1 aromatic heterocycles. The average molecular weight is 273 g/mol. The number of benzene rings is 1. The quantitative estimate of drug-likeness (QED) is 0.711. The third-order valence-electron chi connectivity index (χ3n) is 3.81. The molecule has 0 saturated carbocycles. The molecule has 0 unspecified atom stereocenters. The van der Waals surface area contributed by atoms with E-state index in [0.717, 1.165) is 16.5 Å². The summed E-state index contributed by atoms with van der Waals surface area (Å²) in [5.74, 6) is -1.49. The molecular formula is C15H19N3O2. The van der Waals surface area contributed by atoms with E-state index in [0.29, 0.717) is 0 Å². The molecule has 0 saturated heterocycles. The van der Waals surface area contributed by atoms with Gasteiger partial charge in [-0.15, -0.1) is 0 Å². The number of primary amides is 1. The molecule has 0 bridgehead atoms. The molecule has 0 aliphatic carbocycles. The number of fused-ring (bicyclic) bond motifs is 1. The molecule has 1 aromatic carbocycles. The number of Topliss-reactive ketones (excluding diaryl/α,β-unsaturated/α-hetero) is 1. The van der Waals surface area contributed by atoms with Crippen LogP contribution in [0.25, 0.3) is 10.9 Å². The summed E-state index contributed by atoms with van der Waals surface area (Å²) in [6.07, 6.45) is 1.85. The second kappa shape index (κ2) is 5.09. The van der Waals surface area contributed by atoms with Crippen LogP contribution < -0.4 is 11.5 Å². The van der Waals surface area contributed by atoms with Crippen molar-refractivity contribution in [2.75, 3.05) is 0 Å². The first-order chi connectivity index (χ1) is 9.37. The molecule has 2 rings (SSSR count). The summed E-state index contributed by atoms with van der Waals surface area (Å²) in [6.45, 7) is 3.44. The van der Waals surface area contributed by atoms with E-state index in [-0.39, 0.29) is 18.1 Å². The predicted octanol–water partition coefficient (Wildman–Crippen LogP) is 1.12. The SMILES string of the molecule is CC(C)[C@](N)(C(N)=O)C(=O)Cc1c[nH]c2ccccc12. The fourth-order valence-electron chi connectivity index (χ4n) is 2.34. The van der Waals surface area contributed by atoms with Gasteiger partial charge in [0.25, 0.3) is 0 Å². The van der Waals surface area contributed by atoms with Gasteiger partial charge in [0.1, 0.15) is 0 Å². The van der Waals surface area contributed by atoms with Crippen LogP contribution in [-0.2, 0) is 16.0 Å². The summed E-state index contributed by atoms with van der Waals surface area (Å²) in [5.41, 5.74) is 11.4. The van der Waals surface area contributed by atoms with Crippen molar-refractivity contribution in [2.24, 2.45) is 17.4 Å². The molecule has 5 heteroatoms. The lowest BCUT2D eigenvalue weighted by atomic mass is 9.80. The Balaban J connectivity index is 2.34. The van der Waals surface area contributed by atoms with Gasteiger partial charge in [0.15, 0.2) is 11.3 Å². The van der Waals surface area contributed by atoms with Crippen LogP contribution >= 0.6 is 0 Å². The molecular weight excluding hydrogens is 254 g/mol. The number of amides is 1. The van der Waals surface area contributed by atoms with Crippen LogP contribution in [0.4, 0.5) is 0 Å². The third kappa shape index (κ3) is 2.20. The average Bonchev–Trinajstić information content (AvgIpc) is 2.80. The molecule has 0 spiro atoms. The Kier molecular flexibility index (Phi) is 3.63. The first-order valence-electron chi connectivity index (χ1n) is 6.54. The Hall–Kier alpha value is -2.14. The zero-order valence-electron chi connectivity index (χ0n) is 11.6. The molecule has 5 N–H and O–H groups in total. The van der Waals surface area contributed by atoms with Crippen molar-refractivity contribution < 1.29 is 9.59 Å². The highest BCUT2D eigenvalue weighted by Gasteiger charge is 2.42. The van der Waals surface area contributed by atoms with Crippen LogP contribution in [0.15, 0.2) is 30.5 Å². The van der Waals surface area contributed by atoms with Crippen molar-refractivity contribution >= 4 is 22.6 Å². The zero-order valence-corrected chi connectivity index (χ0v) is 11.6. The van der Waals surface area contributed by atoms with E-state index in [1.807, 2.05) is 24.3 Å². The lowest BCUT2D eigenvalue weighted by Crippen LogP contribution is -2.62. The number of hydrogen-bond acceptors (Lipinski definition) is 3. The van der Waals surface area contributed by atoms with E-state index >= 15 is 0 Å². The molecule has 2 aromatic rings. The predicted molar refractivity (Wildman–Crippen MR) is 78.0 cm³/mol. The summed E-state index contributed by atoms with van der Waals surface area (Å²) in [5, 5.41) is 0.955. The van der Waals surface area contributed by atoms with Crippen LogP contribution in [0.3, 0.4) is 0 Å². The van der Waals surface area contributed by atoms with Gasteiger partial charge < -0.3 is 16.5 Å². The smallest absolute Gasteiger partial charge is 0.245 e. The molecule has 0 radical (unpaired) electrons. The fourth-order valence-corrected chi connectivity index (χ4v) is 2.34. The van der Waals surface area contributed by atoms with Crippen LogP contribution in [0.2, 0.25) is 0 Å². The Morgan fingerprint density at radius 3 is 2.55 bits per heavy atom. The van der Waals surface area contributed by atoms with E-state index < -0.39 is 11.4 Å². The summed E-state index contributed by atoms with van der Waals surface area (Å²) < 4.78 is 0.